The molecule has 0 aliphatic heterocycles. The molecular weight excluding hydrogens is 498 g/mol. The average molecular weight is 524 g/mol. The van der Waals surface area contributed by atoms with E-state index < -0.39 is 11.8 Å². The Labute approximate surface area is 225 Å². The minimum atomic E-state index is -0.478. The van der Waals surface area contributed by atoms with Crippen molar-refractivity contribution in [3.05, 3.63) is 126 Å². The second-order valence-electron chi connectivity index (χ2n) is 8.08. The van der Waals surface area contributed by atoms with Crippen molar-refractivity contribution < 1.29 is 19.1 Å². The second-order valence-corrected chi connectivity index (χ2v) is 9.13. The molecule has 0 atom stereocenters. The smallest absolute Gasteiger partial charge is 0.272 e. The van der Waals surface area contributed by atoms with Gasteiger partial charge < -0.3 is 15.4 Å². The number of pyridine rings is 1. The summed E-state index contributed by atoms with van der Waals surface area (Å²) in [5, 5.41) is 5.52. The third kappa shape index (κ3) is 7.41. The van der Waals surface area contributed by atoms with Crippen LogP contribution in [0.4, 0.5) is 5.69 Å². The van der Waals surface area contributed by atoms with Crippen molar-refractivity contribution in [1.82, 2.24) is 10.3 Å². The third-order valence-corrected chi connectivity index (χ3v) is 6.43. The van der Waals surface area contributed by atoms with Gasteiger partial charge in [-0.3, -0.25) is 19.4 Å². The van der Waals surface area contributed by atoms with Gasteiger partial charge in [-0.05, 0) is 78.4 Å². The molecule has 0 bridgehead atoms. The first-order chi connectivity index (χ1) is 18.5. The Morgan fingerprint density at radius 2 is 1.61 bits per heavy atom. The quantitative estimate of drug-likeness (QED) is 0.162. The fraction of sp³-hybridized carbons (Fsp3) is 0.0667. The highest BCUT2D eigenvalue weighted by molar-refractivity contribution is 8.00. The molecule has 2 N–H and O–H groups in total. The van der Waals surface area contributed by atoms with Gasteiger partial charge in [0.1, 0.15) is 11.4 Å². The number of ketones is 1. The van der Waals surface area contributed by atoms with E-state index in [1.807, 2.05) is 18.2 Å². The zero-order valence-electron chi connectivity index (χ0n) is 20.6. The molecule has 190 valence electrons. The van der Waals surface area contributed by atoms with Crippen molar-refractivity contribution in [2.75, 3.05) is 18.2 Å². The summed E-state index contributed by atoms with van der Waals surface area (Å²) in [7, 11) is 1.58. The standard InChI is InChI=1S/C30H25N3O4S/c1-37-25-13-9-22(10-14-25)28(34)20-38-26-15-11-24(12-16-26)32-30(36)27(18-21-6-5-17-31-19-21)33-29(35)23-7-3-2-4-8-23/h2-19H,20H2,1H3,(H,32,36)(H,33,35)/b27-18-. The zero-order chi connectivity index (χ0) is 26.7. The molecule has 0 unspecified atom stereocenters. The Kier molecular flexibility index (Phi) is 9.04. The number of carbonyl (C=O) groups is 3. The van der Waals surface area contributed by atoms with Crippen molar-refractivity contribution in [3.8, 4) is 5.75 Å². The summed E-state index contributed by atoms with van der Waals surface area (Å²) < 4.78 is 5.13. The van der Waals surface area contributed by atoms with Gasteiger partial charge in [0.25, 0.3) is 11.8 Å². The van der Waals surface area contributed by atoms with E-state index in [-0.39, 0.29) is 17.2 Å². The Hall–Kier alpha value is -4.69. The lowest BCUT2D eigenvalue weighted by Gasteiger charge is -2.12. The van der Waals surface area contributed by atoms with Gasteiger partial charge in [-0.1, -0.05) is 24.3 Å². The number of aromatic nitrogens is 1. The maximum absolute atomic E-state index is 13.1. The number of ether oxygens (including phenoxy) is 1. The van der Waals surface area contributed by atoms with Crippen LogP contribution in [0.2, 0.25) is 0 Å². The first kappa shape index (κ1) is 26.4. The number of hydrogen-bond donors (Lipinski definition) is 2. The highest BCUT2D eigenvalue weighted by atomic mass is 32.2. The van der Waals surface area contributed by atoms with Crippen LogP contribution in [-0.2, 0) is 4.79 Å². The molecule has 1 aromatic heterocycles. The van der Waals surface area contributed by atoms with Crippen LogP contribution in [0, 0.1) is 0 Å². The van der Waals surface area contributed by atoms with Gasteiger partial charge in [-0.15, -0.1) is 11.8 Å². The minimum Gasteiger partial charge on any atom is -0.497 e. The average Bonchev–Trinajstić information content (AvgIpc) is 2.97. The van der Waals surface area contributed by atoms with Crippen LogP contribution >= 0.6 is 11.8 Å². The maximum Gasteiger partial charge on any atom is 0.272 e. The molecule has 2 amide bonds. The van der Waals surface area contributed by atoms with Gasteiger partial charge in [0.15, 0.2) is 5.78 Å². The number of Topliss-reactive ketones (excluding diaryl/α,β-unsaturated/α-hetero) is 1. The molecule has 38 heavy (non-hydrogen) atoms. The van der Waals surface area contributed by atoms with Gasteiger partial charge in [0.05, 0.1) is 12.9 Å². The maximum atomic E-state index is 13.1. The van der Waals surface area contributed by atoms with Crippen LogP contribution in [0.1, 0.15) is 26.3 Å². The number of nitrogens with zero attached hydrogens (tertiary/aromatic N) is 1. The van der Waals surface area contributed by atoms with E-state index in [9.17, 15) is 14.4 Å². The molecule has 0 spiro atoms. The molecule has 3 aromatic carbocycles. The van der Waals surface area contributed by atoms with Crippen LogP contribution in [-0.4, -0.2) is 35.4 Å². The van der Waals surface area contributed by atoms with E-state index in [1.165, 1.54) is 11.8 Å². The van der Waals surface area contributed by atoms with Crippen molar-refractivity contribution in [2.45, 2.75) is 4.90 Å². The summed E-state index contributed by atoms with van der Waals surface area (Å²) in [6.45, 7) is 0. The number of carbonyl (C=O) groups excluding carboxylic acids is 3. The number of methoxy groups -OCH3 is 1. The summed E-state index contributed by atoms with van der Waals surface area (Å²) in [5.41, 5.74) is 2.34. The molecule has 1 heterocycles. The van der Waals surface area contributed by atoms with Crippen molar-refractivity contribution >= 4 is 41.1 Å². The molecule has 0 aliphatic rings. The van der Waals surface area contributed by atoms with Crippen LogP contribution in [0.15, 0.2) is 114 Å². The fourth-order valence-corrected chi connectivity index (χ4v) is 4.21. The SMILES string of the molecule is COc1ccc(C(=O)CSc2ccc(NC(=O)/C(=C/c3cccnc3)NC(=O)c3ccccc3)cc2)cc1. The number of nitrogens with one attached hydrogen (secondary N) is 2. The first-order valence-electron chi connectivity index (χ1n) is 11.7. The monoisotopic (exact) mass is 523 g/mol. The lowest BCUT2D eigenvalue weighted by molar-refractivity contribution is -0.113. The summed E-state index contributed by atoms with van der Waals surface area (Å²) >= 11 is 1.41. The number of anilines is 1. The predicted octanol–water partition coefficient (Wildman–Crippen LogP) is 5.47. The van der Waals surface area contributed by atoms with E-state index >= 15 is 0 Å². The summed E-state index contributed by atoms with van der Waals surface area (Å²) in [6.07, 6.45) is 4.79. The summed E-state index contributed by atoms with van der Waals surface area (Å²) in [6, 6.07) is 26.4. The number of benzene rings is 3. The van der Waals surface area contributed by atoms with E-state index in [2.05, 4.69) is 15.6 Å². The Balaban J connectivity index is 1.40. The molecule has 0 saturated heterocycles. The molecule has 7 nitrogen and oxygen atoms in total. The van der Waals surface area contributed by atoms with Gasteiger partial charge >= 0.3 is 0 Å². The van der Waals surface area contributed by atoms with Gasteiger partial charge in [-0.25, -0.2) is 0 Å². The van der Waals surface area contributed by atoms with Crippen LogP contribution in [0.3, 0.4) is 0 Å². The number of rotatable bonds is 10. The first-order valence-corrected chi connectivity index (χ1v) is 12.7. The molecule has 0 aliphatic carbocycles. The highest BCUT2D eigenvalue weighted by Gasteiger charge is 2.15. The van der Waals surface area contributed by atoms with Gasteiger partial charge in [0, 0.05) is 34.1 Å². The zero-order valence-corrected chi connectivity index (χ0v) is 21.4. The molecule has 8 heteroatoms. The van der Waals surface area contributed by atoms with Crippen molar-refractivity contribution in [2.24, 2.45) is 0 Å². The number of amides is 2. The lowest BCUT2D eigenvalue weighted by Crippen LogP contribution is -2.30. The number of thioether (sulfide) groups is 1. The second kappa shape index (κ2) is 13.0. The Morgan fingerprint density at radius 3 is 2.26 bits per heavy atom. The third-order valence-electron chi connectivity index (χ3n) is 5.42. The minimum absolute atomic E-state index is 0.00868. The summed E-state index contributed by atoms with van der Waals surface area (Å²) in [5.74, 6) is 0.110. The highest BCUT2D eigenvalue weighted by Crippen LogP contribution is 2.22. The van der Waals surface area contributed by atoms with Crippen LogP contribution < -0.4 is 15.4 Å². The lowest BCUT2D eigenvalue weighted by atomic mass is 10.1. The van der Waals surface area contributed by atoms with Crippen molar-refractivity contribution in [1.29, 1.82) is 0 Å². The molecule has 4 rings (SSSR count). The van der Waals surface area contributed by atoms with E-state index in [1.54, 1.807) is 98.4 Å². The largest absolute Gasteiger partial charge is 0.497 e. The molecule has 0 fully saturated rings. The normalized spacial score (nSPS) is 10.9. The van der Waals surface area contributed by atoms with Crippen LogP contribution in [0.5, 0.6) is 5.75 Å². The van der Waals surface area contributed by atoms with Crippen LogP contribution in [0.25, 0.3) is 6.08 Å². The van der Waals surface area contributed by atoms with E-state index in [0.717, 1.165) is 4.90 Å². The number of hydrogen-bond acceptors (Lipinski definition) is 6. The molecular formula is C30H25N3O4S. The fourth-order valence-electron chi connectivity index (χ4n) is 3.41. The Bertz CT molecular complexity index is 1420. The Morgan fingerprint density at radius 1 is 0.868 bits per heavy atom. The van der Waals surface area contributed by atoms with Crippen molar-refractivity contribution in [3.63, 3.8) is 0 Å². The molecule has 0 saturated carbocycles. The molecule has 0 radical (unpaired) electrons. The van der Waals surface area contributed by atoms with Gasteiger partial charge in [0.2, 0.25) is 0 Å². The topological polar surface area (TPSA) is 97.4 Å². The predicted molar refractivity (Wildman–Crippen MR) is 149 cm³/mol. The summed E-state index contributed by atoms with van der Waals surface area (Å²) in [4.78, 5) is 43.3. The molecule has 4 aromatic rings. The van der Waals surface area contributed by atoms with Gasteiger partial charge in [-0.2, -0.15) is 0 Å². The van der Waals surface area contributed by atoms with E-state index in [0.29, 0.717) is 28.1 Å². The van der Waals surface area contributed by atoms with E-state index in [4.69, 9.17) is 4.74 Å².